The summed E-state index contributed by atoms with van der Waals surface area (Å²) >= 11 is 0. The normalized spacial score (nSPS) is 20.2. The van der Waals surface area contributed by atoms with Crippen LogP contribution in [0, 0.1) is 5.82 Å². The summed E-state index contributed by atoms with van der Waals surface area (Å²) in [6.45, 7) is 0. The van der Waals surface area contributed by atoms with Crippen molar-refractivity contribution in [2.75, 3.05) is 5.32 Å². The Kier molecular flexibility index (Phi) is 6.47. The summed E-state index contributed by atoms with van der Waals surface area (Å²) in [4.78, 5) is 12.4. The Bertz CT molecular complexity index is 570. The highest BCUT2D eigenvalue weighted by atomic mass is 35.5. The minimum absolute atomic E-state index is 0. The predicted octanol–water partition coefficient (Wildman–Crippen LogP) is 4.17. The molecule has 0 heterocycles. The fourth-order valence-electron chi connectivity index (χ4n) is 3.53. The number of halogens is 2. The predicted molar refractivity (Wildman–Crippen MR) is 95.2 cm³/mol. The molecule has 2 aliphatic rings. The molecule has 2 fully saturated rings. The molecule has 0 spiro atoms. The van der Waals surface area contributed by atoms with E-state index in [0.29, 0.717) is 18.5 Å². The molecule has 2 aliphatic carbocycles. The van der Waals surface area contributed by atoms with Gasteiger partial charge in [0.05, 0.1) is 11.6 Å². The number of anilines is 1. The van der Waals surface area contributed by atoms with E-state index in [9.17, 15) is 9.18 Å². The van der Waals surface area contributed by atoms with E-state index in [0.717, 1.165) is 44.9 Å². The SMILES string of the molecule is Cl.NC1(C(=O)Nc2ccc(OC3CCCC3)c(F)c2)CCCCC1. The largest absolute Gasteiger partial charge is 0.487 e. The summed E-state index contributed by atoms with van der Waals surface area (Å²) in [6.07, 6.45) is 8.76. The van der Waals surface area contributed by atoms with Crippen molar-refractivity contribution >= 4 is 24.0 Å². The van der Waals surface area contributed by atoms with E-state index in [1.165, 1.54) is 6.07 Å². The van der Waals surface area contributed by atoms with Crippen molar-refractivity contribution in [3.05, 3.63) is 24.0 Å². The third-order valence-electron chi connectivity index (χ3n) is 4.98. The fourth-order valence-corrected chi connectivity index (χ4v) is 3.53. The Balaban J connectivity index is 0.00000208. The number of carbonyl (C=O) groups excluding carboxylic acids is 1. The summed E-state index contributed by atoms with van der Waals surface area (Å²) < 4.78 is 19.9. The van der Waals surface area contributed by atoms with Crippen LogP contribution in [-0.2, 0) is 4.79 Å². The number of hydrogen-bond acceptors (Lipinski definition) is 3. The first-order valence-electron chi connectivity index (χ1n) is 8.63. The highest BCUT2D eigenvalue weighted by Gasteiger charge is 2.35. The summed E-state index contributed by atoms with van der Waals surface area (Å²) in [7, 11) is 0. The van der Waals surface area contributed by atoms with Gasteiger partial charge in [-0.2, -0.15) is 0 Å². The van der Waals surface area contributed by atoms with Crippen molar-refractivity contribution in [2.24, 2.45) is 5.73 Å². The summed E-state index contributed by atoms with van der Waals surface area (Å²) in [6, 6.07) is 4.58. The topological polar surface area (TPSA) is 64.4 Å². The van der Waals surface area contributed by atoms with Crippen molar-refractivity contribution in [1.82, 2.24) is 0 Å². The quantitative estimate of drug-likeness (QED) is 0.851. The zero-order chi connectivity index (χ0) is 16.3. The lowest BCUT2D eigenvalue weighted by molar-refractivity contribution is -0.122. The van der Waals surface area contributed by atoms with Crippen molar-refractivity contribution in [2.45, 2.75) is 69.4 Å². The summed E-state index contributed by atoms with van der Waals surface area (Å²) in [5.41, 5.74) is 5.80. The van der Waals surface area contributed by atoms with Gasteiger partial charge in [0.2, 0.25) is 5.91 Å². The van der Waals surface area contributed by atoms with E-state index in [2.05, 4.69) is 5.32 Å². The molecule has 0 unspecified atom stereocenters. The van der Waals surface area contributed by atoms with Gasteiger partial charge < -0.3 is 15.8 Å². The van der Waals surface area contributed by atoms with Crippen LogP contribution in [0.3, 0.4) is 0 Å². The molecule has 6 heteroatoms. The lowest BCUT2D eigenvalue weighted by Gasteiger charge is -2.31. The van der Waals surface area contributed by atoms with E-state index in [4.69, 9.17) is 10.5 Å². The van der Waals surface area contributed by atoms with Gasteiger partial charge in [-0.15, -0.1) is 12.4 Å². The van der Waals surface area contributed by atoms with E-state index in [1.54, 1.807) is 12.1 Å². The Morgan fingerprint density at radius 3 is 2.46 bits per heavy atom. The van der Waals surface area contributed by atoms with Gasteiger partial charge in [0, 0.05) is 11.8 Å². The van der Waals surface area contributed by atoms with Gasteiger partial charge in [-0.1, -0.05) is 19.3 Å². The molecule has 0 aromatic heterocycles. The van der Waals surface area contributed by atoms with Crippen molar-refractivity contribution in [3.8, 4) is 5.75 Å². The number of benzene rings is 1. The average molecular weight is 357 g/mol. The molecule has 0 aliphatic heterocycles. The Morgan fingerprint density at radius 1 is 1.17 bits per heavy atom. The molecule has 3 N–H and O–H groups in total. The van der Waals surface area contributed by atoms with Crippen LogP contribution in [-0.4, -0.2) is 17.6 Å². The number of carbonyl (C=O) groups is 1. The molecule has 1 aromatic carbocycles. The zero-order valence-electron chi connectivity index (χ0n) is 13.9. The number of nitrogens with two attached hydrogens (primary N) is 1. The fraction of sp³-hybridized carbons (Fsp3) is 0.611. The third kappa shape index (κ3) is 4.39. The molecule has 0 saturated heterocycles. The molecule has 0 radical (unpaired) electrons. The van der Waals surface area contributed by atoms with Crippen LogP contribution in [0.1, 0.15) is 57.8 Å². The Morgan fingerprint density at radius 2 is 1.83 bits per heavy atom. The first-order chi connectivity index (χ1) is 11.1. The monoisotopic (exact) mass is 356 g/mol. The van der Waals surface area contributed by atoms with Gasteiger partial charge in [-0.05, 0) is 50.7 Å². The summed E-state index contributed by atoms with van der Waals surface area (Å²) in [5.74, 6) is -0.402. The van der Waals surface area contributed by atoms with Gasteiger partial charge in [0.1, 0.15) is 0 Å². The molecule has 1 aromatic rings. The standard InChI is InChI=1S/C18H25FN2O2.ClH/c19-15-12-13(8-9-16(15)23-14-6-2-3-7-14)21-17(22)18(20)10-4-1-5-11-18;/h8-9,12,14H,1-7,10-11,20H2,(H,21,22);1H. The number of hydrogen-bond donors (Lipinski definition) is 2. The van der Waals surface area contributed by atoms with E-state index >= 15 is 0 Å². The number of ether oxygens (including phenoxy) is 1. The van der Waals surface area contributed by atoms with Crippen LogP contribution in [0.25, 0.3) is 0 Å². The van der Waals surface area contributed by atoms with Gasteiger partial charge in [-0.25, -0.2) is 4.39 Å². The summed E-state index contributed by atoms with van der Waals surface area (Å²) in [5, 5.41) is 2.75. The lowest BCUT2D eigenvalue weighted by atomic mass is 9.82. The molecular weight excluding hydrogens is 331 g/mol. The molecule has 2 saturated carbocycles. The van der Waals surface area contributed by atoms with Gasteiger partial charge in [-0.3, -0.25) is 4.79 Å². The Labute approximate surface area is 148 Å². The van der Waals surface area contributed by atoms with Crippen LogP contribution in [0.4, 0.5) is 10.1 Å². The highest BCUT2D eigenvalue weighted by Crippen LogP contribution is 2.30. The smallest absolute Gasteiger partial charge is 0.244 e. The van der Waals surface area contributed by atoms with Crippen LogP contribution in [0.15, 0.2) is 18.2 Å². The molecular formula is C18H26ClFN2O2. The molecule has 4 nitrogen and oxygen atoms in total. The first kappa shape index (κ1) is 19.0. The van der Waals surface area contributed by atoms with Crippen molar-refractivity contribution in [1.29, 1.82) is 0 Å². The minimum Gasteiger partial charge on any atom is -0.487 e. The van der Waals surface area contributed by atoms with E-state index in [1.807, 2.05) is 0 Å². The average Bonchev–Trinajstić information content (AvgIpc) is 3.04. The van der Waals surface area contributed by atoms with Gasteiger partial charge in [0.25, 0.3) is 0 Å². The van der Waals surface area contributed by atoms with Gasteiger partial charge >= 0.3 is 0 Å². The third-order valence-corrected chi connectivity index (χ3v) is 4.98. The highest BCUT2D eigenvalue weighted by molar-refractivity contribution is 5.98. The first-order valence-corrected chi connectivity index (χ1v) is 8.63. The lowest BCUT2D eigenvalue weighted by Crippen LogP contribution is -2.52. The number of nitrogens with one attached hydrogen (secondary N) is 1. The maximum Gasteiger partial charge on any atom is 0.244 e. The van der Waals surface area contributed by atoms with Crippen LogP contribution in [0.5, 0.6) is 5.75 Å². The Hall–Kier alpha value is -1.33. The van der Waals surface area contributed by atoms with Crippen molar-refractivity contribution < 1.29 is 13.9 Å². The zero-order valence-corrected chi connectivity index (χ0v) is 14.7. The second kappa shape index (κ2) is 8.17. The van der Waals surface area contributed by atoms with Crippen molar-refractivity contribution in [3.63, 3.8) is 0 Å². The molecule has 1 amide bonds. The molecule has 0 atom stereocenters. The van der Waals surface area contributed by atoms with E-state index < -0.39 is 11.4 Å². The number of rotatable bonds is 4. The minimum atomic E-state index is -0.826. The van der Waals surface area contributed by atoms with E-state index in [-0.39, 0.29) is 30.2 Å². The molecule has 24 heavy (non-hydrogen) atoms. The molecule has 3 rings (SSSR count). The second-order valence-corrected chi connectivity index (χ2v) is 6.84. The molecule has 134 valence electrons. The maximum absolute atomic E-state index is 14.2. The van der Waals surface area contributed by atoms with Gasteiger partial charge in [0.15, 0.2) is 11.6 Å². The maximum atomic E-state index is 14.2. The number of amides is 1. The van der Waals surface area contributed by atoms with Crippen LogP contribution in [0.2, 0.25) is 0 Å². The molecule has 0 bridgehead atoms. The van der Waals surface area contributed by atoms with Crippen LogP contribution >= 0.6 is 12.4 Å². The second-order valence-electron chi connectivity index (χ2n) is 6.84. The van der Waals surface area contributed by atoms with Crippen LogP contribution < -0.4 is 15.8 Å².